The molecule has 5 heteroatoms. The lowest BCUT2D eigenvalue weighted by atomic mass is 9.94. The number of benzene rings is 3. The van der Waals surface area contributed by atoms with Crippen LogP contribution in [0.5, 0.6) is 23.0 Å². The van der Waals surface area contributed by atoms with E-state index < -0.39 is 0 Å². The molecule has 0 heterocycles. The lowest BCUT2D eigenvalue weighted by molar-refractivity contribution is 0.0976. The van der Waals surface area contributed by atoms with E-state index in [1.54, 1.807) is 25.3 Å². The first-order valence-corrected chi connectivity index (χ1v) is 9.74. The second-order valence-corrected chi connectivity index (χ2v) is 6.88. The number of aryl methyl sites for hydroxylation is 1. The van der Waals surface area contributed by atoms with Gasteiger partial charge in [-0.05, 0) is 23.6 Å². The number of hydrogen-bond donors (Lipinski definition) is 1. The number of carbonyl (C=O) groups is 1. The molecule has 0 fully saturated rings. The Labute approximate surface area is 176 Å². The number of methoxy groups -OCH3 is 3. The third-order valence-electron chi connectivity index (χ3n) is 5.07. The quantitative estimate of drug-likeness (QED) is 0.516. The fourth-order valence-corrected chi connectivity index (χ4v) is 3.53. The van der Waals surface area contributed by atoms with Crippen molar-refractivity contribution in [1.29, 1.82) is 0 Å². The zero-order valence-corrected chi connectivity index (χ0v) is 17.5. The molecule has 1 N–H and O–H groups in total. The van der Waals surface area contributed by atoms with Crippen LogP contribution >= 0.6 is 0 Å². The monoisotopic (exact) mass is 406 g/mol. The van der Waals surface area contributed by atoms with Crippen LogP contribution in [0.2, 0.25) is 0 Å². The molecule has 3 rings (SSSR count). The molecular formula is C25H26O5. The molecule has 3 aromatic rings. The van der Waals surface area contributed by atoms with Gasteiger partial charge < -0.3 is 19.3 Å². The van der Waals surface area contributed by atoms with E-state index in [9.17, 15) is 9.90 Å². The minimum Gasteiger partial charge on any atom is -0.508 e. The molecule has 0 aromatic heterocycles. The third-order valence-corrected chi connectivity index (χ3v) is 5.07. The van der Waals surface area contributed by atoms with Crippen molar-refractivity contribution >= 4 is 5.78 Å². The van der Waals surface area contributed by atoms with Gasteiger partial charge in [0.05, 0.1) is 21.3 Å². The summed E-state index contributed by atoms with van der Waals surface area (Å²) in [5.74, 6) is 1.45. The fraction of sp³-hybridized carbons (Fsp3) is 0.240. The first kappa shape index (κ1) is 21.2. The number of rotatable bonds is 9. The number of aromatic hydroxyl groups is 1. The first-order chi connectivity index (χ1) is 14.6. The molecule has 0 aliphatic heterocycles. The van der Waals surface area contributed by atoms with Crippen LogP contribution in [-0.2, 0) is 12.8 Å². The smallest absolute Gasteiger partial charge is 0.170 e. The van der Waals surface area contributed by atoms with Crippen molar-refractivity contribution in [2.75, 3.05) is 21.3 Å². The molecule has 0 aliphatic carbocycles. The summed E-state index contributed by atoms with van der Waals surface area (Å²) in [5.41, 5.74) is 2.88. The number of ketones is 1. The van der Waals surface area contributed by atoms with Gasteiger partial charge in [0.15, 0.2) is 5.78 Å². The van der Waals surface area contributed by atoms with Crippen LogP contribution in [0.4, 0.5) is 0 Å². The lowest BCUT2D eigenvalue weighted by Gasteiger charge is -2.20. The molecule has 156 valence electrons. The van der Waals surface area contributed by atoms with Crippen molar-refractivity contribution in [1.82, 2.24) is 0 Å². The van der Waals surface area contributed by atoms with E-state index in [4.69, 9.17) is 14.2 Å². The van der Waals surface area contributed by atoms with E-state index in [-0.39, 0.29) is 11.5 Å². The van der Waals surface area contributed by atoms with Crippen LogP contribution in [0.25, 0.3) is 0 Å². The van der Waals surface area contributed by atoms with E-state index in [1.807, 2.05) is 42.5 Å². The molecule has 0 saturated heterocycles. The molecule has 30 heavy (non-hydrogen) atoms. The van der Waals surface area contributed by atoms with Crippen molar-refractivity contribution in [2.24, 2.45) is 0 Å². The van der Waals surface area contributed by atoms with Crippen molar-refractivity contribution < 1.29 is 24.1 Å². The van der Waals surface area contributed by atoms with Crippen LogP contribution in [0.1, 0.15) is 33.5 Å². The molecule has 0 bridgehead atoms. The molecule has 0 saturated carbocycles. The molecule has 3 aromatic carbocycles. The highest BCUT2D eigenvalue weighted by Crippen LogP contribution is 2.42. The summed E-state index contributed by atoms with van der Waals surface area (Å²) in [6, 6.07) is 18.6. The van der Waals surface area contributed by atoms with Gasteiger partial charge in [-0.15, -0.1) is 0 Å². The largest absolute Gasteiger partial charge is 0.508 e. The van der Waals surface area contributed by atoms with E-state index in [0.29, 0.717) is 53.2 Å². The highest BCUT2D eigenvalue weighted by atomic mass is 16.5. The molecule has 0 atom stereocenters. The predicted molar refractivity (Wildman–Crippen MR) is 116 cm³/mol. The SMILES string of the molecule is COc1cc(OC)c(C(=O)CCc2ccccc2)c(OC)c1Cc1ccccc1O. The van der Waals surface area contributed by atoms with Gasteiger partial charge in [0.2, 0.25) is 0 Å². The molecule has 0 spiro atoms. The molecule has 0 unspecified atom stereocenters. The van der Waals surface area contributed by atoms with Crippen molar-refractivity contribution in [2.45, 2.75) is 19.3 Å². The van der Waals surface area contributed by atoms with E-state index in [2.05, 4.69) is 0 Å². The maximum atomic E-state index is 13.2. The highest BCUT2D eigenvalue weighted by molar-refractivity contribution is 6.02. The van der Waals surface area contributed by atoms with Gasteiger partial charge in [-0.25, -0.2) is 0 Å². The second-order valence-electron chi connectivity index (χ2n) is 6.88. The topological polar surface area (TPSA) is 65.0 Å². The minimum absolute atomic E-state index is 0.0752. The Balaban J connectivity index is 2.02. The molecule has 0 amide bonds. The Hall–Kier alpha value is -3.47. The zero-order valence-electron chi connectivity index (χ0n) is 17.5. The number of phenolic OH excluding ortho intramolecular Hbond substituents is 1. The van der Waals surface area contributed by atoms with Gasteiger partial charge in [-0.3, -0.25) is 4.79 Å². The summed E-state index contributed by atoms with van der Waals surface area (Å²) in [5, 5.41) is 10.2. The Kier molecular flexibility index (Phi) is 6.96. The third kappa shape index (κ3) is 4.57. The summed E-state index contributed by atoms with van der Waals surface area (Å²) in [6.45, 7) is 0. The average Bonchev–Trinajstić information content (AvgIpc) is 2.79. The number of hydrogen-bond acceptors (Lipinski definition) is 5. The average molecular weight is 406 g/mol. The van der Waals surface area contributed by atoms with Crippen LogP contribution in [0, 0.1) is 0 Å². The Morgan fingerprint density at radius 2 is 1.53 bits per heavy atom. The number of para-hydroxylation sites is 1. The predicted octanol–water partition coefficient (Wildman–Crippen LogP) is 4.82. The summed E-state index contributed by atoms with van der Waals surface area (Å²) < 4.78 is 16.7. The normalized spacial score (nSPS) is 10.5. The van der Waals surface area contributed by atoms with Gasteiger partial charge in [-0.1, -0.05) is 48.5 Å². The Morgan fingerprint density at radius 1 is 0.867 bits per heavy atom. The highest BCUT2D eigenvalue weighted by Gasteiger charge is 2.25. The second kappa shape index (κ2) is 9.83. The van der Waals surface area contributed by atoms with Crippen molar-refractivity contribution in [3.63, 3.8) is 0 Å². The molecule has 5 nitrogen and oxygen atoms in total. The van der Waals surface area contributed by atoms with Gasteiger partial charge in [0.25, 0.3) is 0 Å². The van der Waals surface area contributed by atoms with E-state index >= 15 is 0 Å². The summed E-state index contributed by atoms with van der Waals surface area (Å²) in [6.07, 6.45) is 1.29. The number of carbonyl (C=O) groups excluding carboxylic acids is 1. The summed E-state index contributed by atoms with van der Waals surface area (Å²) in [7, 11) is 4.60. The van der Waals surface area contributed by atoms with Crippen LogP contribution in [0.15, 0.2) is 60.7 Å². The summed E-state index contributed by atoms with van der Waals surface area (Å²) >= 11 is 0. The molecule has 0 aliphatic rings. The Morgan fingerprint density at radius 3 is 2.17 bits per heavy atom. The standard InChI is InChI=1S/C25H26O5/c1-28-22-16-23(29-2)24(21(27)14-13-17-9-5-4-6-10-17)25(30-3)19(22)15-18-11-7-8-12-20(18)26/h4-12,16,26H,13-15H2,1-3H3. The maximum Gasteiger partial charge on any atom is 0.170 e. The summed E-state index contributed by atoms with van der Waals surface area (Å²) in [4.78, 5) is 13.2. The van der Waals surface area contributed by atoms with Crippen LogP contribution in [0.3, 0.4) is 0 Å². The number of phenols is 1. The van der Waals surface area contributed by atoms with Crippen LogP contribution in [-0.4, -0.2) is 32.2 Å². The van der Waals surface area contributed by atoms with Crippen molar-refractivity contribution in [3.8, 4) is 23.0 Å². The molecule has 0 radical (unpaired) electrons. The zero-order chi connectivity index (χ0) is 21.5. The minimum atomic E-state index is -0.0752. The Bertz CT molecular complexity index is 1010. The van der Waals surface area contributed by atoms with Crippen LogP contribution < -0.4 is 14.2 Å². The van der Waals surface area contributed by atoms with E-state index in [1.165, 1.54) is 14.2 Å². The molecular weight excluding hydrogens is 380 g/mol. The van der Waals surface area contributed by atoms with Gasteiger partial charge in [-0.2, -0.15) is 0 Å². The van der Waals surface area contributed by atoms with Crippen molar-refractivity contribution in [3.05, 3.63) is 82.9 Å². The lowest BCUT2D eigenvalue weighted by Crippen LogP contribution is -2.10. The van der Waals surface area contributed by atoms with Gasteiger partial charge in [0.1, 0.15) is 28.6 Å². The van der Waals surface area contributed by atoms with Gasteiger partial charge in [0, 0.05) is 24.5 Å². The number of Topliss-reactive ketones (excluding diaryl/α,β-unsaturated/α-hetero) is 1. The van der Waals surface area contributed by atoms with E-state index in [0.717, 1.165) is 5.56 Å². The number of ether oxygens (including phenoxy) is 3. The first-order valence-electron chi connectivity index (χ1n) is 9.74. The van der Waals surface area contributed by atoms with Gasteiger partial charge >= 0.3 is 0 Å². The fourth-order valence-electron chi connectivity index (χ4n) is 3.53. The maximum absolute atomic E-state index is 13.2.